The monoisotopic (exact) mass is 619 g/mol. The average molecular weight is 621 g/mol. The number of hydrogen-bond donors (Lipinski definition) is 1. The van der Waals surface area contributed by atoms with Crippen molar-refractivity contribution in [3.05, 3.63) is 84.8 Å². The normalized spacial score (nSPS) is 11.8. The second-order valence-corrected chi connectivity index (χ2v) is 8.84. The van der Waals surface area contributed by atoms with E-state index in [0.717, 1.165) is 0 Å². The lowest BCUT2D eigenvalue weighted by Crippen LogP contribution is -2.24. The van der Waals surface area contributed by atoms with E-state index in [9.17, 15) is 19.7 Å². The summed E-state index contributed by atoms with van der Waals surface area (Å²) in [5.74, 6) is -0.215. The number of nitrogens with zero attached hydrogens (tertiary/aromatic N) is 2. The molecule has 1 heterocycles. The molecule has 0 saturated heterocycles. The summed E-state index contributed by atoms with van der Waals surface area (Å²) < 4.78 is 22.5. The van der Waals surface area contributed by atoms with Crippen molar-refractivity contribution in [2.24, 2.45) is 5.10 Å². The number of fused-ring (bicyclic) bond motifs is 1. The van der Waals surface area contributed by atoms with Crippen LogP contribution in [0.25, 0.3) is 0 Å². The minimum Gasteiger partial charge on any atom is -0.477 e. The Labute approximate surface area is 220 Å². The van der Waals surface area contributed by atoms with Crippen molar-refractivity contribution in [2.45, 2.75) is 0 Å². The standard InChI is InChI=1S/C23H15Br2N3O8/c24-15-7-14(10-26-27-21(29)11-33-18-4-2-1-3-17(18)28(31)32)22(16(25)9-15)36-23(30)13-5-6-19-20(8-13)35-12-34-19/h1-10H,11-12H2,(H,27,29)/b26-10-. The molecule has 0 fully saturated rings. The predicted molar refractivity (Wildman–Crippen MR) is 134 cm³/mol. The van der Waals surface area contributed by atoms with Crippen LogP contribution in [-0.2, 0) is 4.79 Å². The zero-order valence-electron chi connectivity index (χ0n) is 18.1. The summed E-state index contributed by atoms with van der Waals surface area (Å²) in [6, 6.07) is 13.7. The van der Waals surface area contributed by atoms with E-state index in [-0.39, 0.29) is 29.5 Å². The highest BCUT2D eigenvalue weighted by molar-refractivity contribution is 9.11. The van der Waals surface area contributed by atoms with Crippen LogP contribution in [0.5, 0.6) is 23.0 Å². The number of nitro benzene ring substituents is 1. The number of halogens is 2. The van der Waals surface area contributed by atoms with E-state index < -0.39 is 23.4 Å². The summed E-state index contributed by atoms with van der Waals surface area (Å²) in [6.07, 6.45) is 1.28. The number of hydrogen-bond acceptors (Lipinski definition) is 9. The van der Waals surface area contributed by atoms with Gasteiger partial charge in [-0.1, -0.05) is 28.1 Å². The van der Waals surface area contributed by atoms with E-state index in [1.807, 2.05) is 0 Å². The van der Waals surface area contributed by atoms with Gasteiger partial charge in [0.1, 0.15) is 0 Å². The quantitative estimate of drug-likeness (QED) is 0.127. The third kappa shape index (κ3) is 5.98. The molecule has 0 aromatic heterocycles. The summed E-state index contributed by atoms with van der Waals surface area (Å²) in [7, 11) is 0. The van der Waals surface area contributed by atoms with E-state index in [4.69, 9.17) is 18.9 Å². The number of rotatable bonds is 8. The van der Waals surface area contributed by atoms with Gasteiger partial charge in [0, 0.05) is 16.1 Å². The predicted octanol–water partition coefficient (Wildman–Crippen LogP) is 4.60. The Morgan fingerprint density at radius 1 is 1.11 bits per heavy atom. The number of benzene rings is 3. The van der Waals surface area contributed by atoms with Gasteiger partial charge in [-0.15, -0.1) is 0 Å². The molecule has 0 atom stereocenters. The Balaban J connectivity index is 1.43. The van der Waals surface area contributed by atoms with Crippen LogP contribution in [0.15, 0.2) is 68.6 Å². The Morgan fingerprint density at radius 3 is 2.69 bits per heavy atom. The molecule has 0 bridgehead atoms. The molecular weight excluding hydrogens is 606 g/mol. The maximum Gasteiger partial charge on any atom is 0.343 e. The molecule has 0 aliphatic carbocycles. The van der Waals surface area contributed by atoms with Crippen molar-refractivity contribution in [3.8, 4) is 23.0 Å². The fraction of sp³-hybridized carbons (Fsp3) is 0.0870. The number of nitro groups is 1. The molecule has 1 aliphatic heterocycles. The van der Waals surface area contributed by atoms with Crippen LogP contribution in [0.2, 0.25) is 0 Å². The summed E-state index contributed by atoms with van der Waals surface area (Å²) in [5, 5.41) is 14.9. The van der Waals surface area contributed by atoms with Gasteiger partial charge in [-0.25, -0.2) is 10.2 Å². The molecule has 36 heavy (non-hydrogen) atoms. The van der Waals surface area contributed by atoms with Gasteiger partial charge in [0.15, 0.2) is 29.6 Å². The van der Waals surface area contributed by atoms with Crippen molar-refractivity contribution < 1.29 is 33.5 Å². The molecular formula is C23H15Br2N3O8. The van der Waals surface area contributed by atoms with Crippen molar-refractivity contribution in [3.63, 3.8) is 0 Å². The number of nitrogens with one attached hydrogen (secondary N) is 1. The van der Waals surface area contributed by atoms with Crippen LogP contribution in [0.3, 0.4) is 0 Å². The molecule has 1 aliphatic rings. The van der Waals surface area contributed by atoms with E-state index in [2.05, 4.69) is 42.4 Å². The number of ether oxygens (including phenoxy) is 4. The summed E-state index contributed by atoms with van der Waals surface area (Å²) in [4.78, 5) is 35.3. The van der Waals surface area contributed by atoms with Crippen molar-refractivity contribution in [1.82, 2.24) is 5.43 Å². The second kappa shape index (κ2) is 11.2. The van der Waals surface area contributed by atoms with Gasteiger partial charge >= 0.3 is 11.7 Å². The first-order valence-corrected chi connectivity index (χ1v) is 11.7. The molecule has 3 aromatic carbocycles. The highest BCUT2D eigenvalue weighted by atomic mass is 79.9. The number of esters is 1. The number of carbonyl (C=O) groups is 2. The summed E-state index contributed by atoms with van der Waals surface area (Å²) in [5.41, 5.74) is 2.61. The van der Waals surface area contributed by atoms with Gasteiger partial charge in [-0.2, -0.15) is 5.10 Å². The minimum absolute atomic E-state index is 0.0460. The lowest BCUT2D eigenvalue weighted by molar-refractivity contribution is -0.385. The third-order valence-electron chi connectivity index (χ3n) is 4.65. The molecule has 0 unspecified atom stereocenters. The summed E-state index contributed by atoms with van der Waals surface area (Å²) in [6.45, 7) is -0.429. The number of para-hydroxylation sites is 2. The summed E-state index contributed by atoms with van der Waals surface area (Å²) >= 11 is 6.72. The molecule has 13 heteroatoms. The van der Waals surface area contributed by atoms with Gasteiger partial charge in [-0.3, -0.25) is 14.9 Å². The average Bonchev–Trinajstić information content (AvgIpc) is 3.32. The molecule has 0 spiro atoms. The number of amides is 1. The first kappa shape index (κ1) is 25.1. The highest BCUT2D eigenvalue weighted by Gasteiger charge is 2.20. The Bertz CT molecular complexity index is 1380. The van der Waals surface area contributed by atoms with Crippen LogP contribution >= 0.6 is 31.9 Å². The van der Waals surface area contributed by atoms with E-state index in [1.165, 1.54) is 30.5 Å². The largest absolute Gasteiger partial charge is 0.477 e. The van der Waals surface area contributed by atoms with Crippen LogP contribution in [0, 0.1) is 10.1 Å². The lowest BCUT2D eigenvalue weighted by Gasteiger charge is -2.11. The van der Waals surface area contributed by atoms with Gasteiger partial charge in [0.05, 0.1) is 21.2 Å². The SMILES string of the molecule is O=C(COc1ccccc1[N+](=O)[O-])N/N=C\c1cc(Br)cc(Br)c1OC(=O)c1ccc2c(c1)OCO2. The Kier molecular flexibility index (Phi) is 7.80. The van der Waals surface area contributed by atoms with Crippen LogP contribution in [-0.4, -0.2) is 36.4 Å². The first-order valence-electron chi connectivity index (χ1n) is 10.1. The van der Waals surface area contributed by atoms with Gasteiger partial charge in [-0.05, 0) is 52.3 Å². The van der Waals surface area contributed by atoms with Crippen molar-refractivity contribution in [2.75, 3.05) is 13.4 Å². The van der Waals surface area contributed by atoms with Crippen LogP contribution in [0.1, 0.15) is 15.9 Å². The smallest absolute Gasteiger partial charge is 0.343 e. The minimum atomic E-state index is -0.655. The molecule has 0 radical (unpaired) electrons. The molecule has 3 aromatic rings. The molecule has 1 amide bonds. The highest BCUT2D eigenvalue weighted by Crippen LogP contribution is 2.35. The number of hydrazone groups is 1. The molecule has 184 valence electrons. The fourth-order valence-electron chi connectivity index (χ4n) is 3.04. The first-order chi connectivity index (χ1) is 17.3. The lowest BCUT2D eigenvalue weighted by atomic mass is 10.2. The maximum atomic E-state index is 12.8. The molecule has 11 nitrogen and oxygen atoms in total. The van der Waals surface area contributed by atoms with E-state index in [1.54, 1.807) is 30.3 Å². The van der Waals surface area contributed by atoms with Gasteiger partial charge in [0.25, 0.3) is 5.91 Å². The van der Waals surface area contributed by atoms with Gasteiger partial charge in [0.2, 0.25) is 6.79 Å². The van der Waals surface area contributed by atoms with E-state index in [0.29, 0.717) is 26.0 Å². The zero-order valence-corrected chi connectivity index (χ0v) is 21.3. The molecule has 0 saturated carbocycles. The number of carbonyl (C=O) groups excluding carboxylic acids is 2. The fourth-order valence-corrected chi connectivity index (χ4v) is 4.38. The molecule has 1 N–H and O–H groups in total. The third-order valence-corrected chi connectivity index (χ3v) is 5.70. The maximum absolute atomic E-state index is 12.8. The topological polar surface area (TPSA) is 139 Å². The van der Waals surface area contributed by atoms with Crippen LogP contribution in [0.4, 0.5) is 5.69 Å². The Morgan fingerprint density at radius 2 is 1.89 bits per heavy atom. The molecule has 4 rings (SSSR count). The van der Waals surface area contributed by atoms with Crippen molar-refractivity contribution >= 4 is 55.6 Å². The van der Waals surface area contributed by atoms with Gasteiger partial charge < -0.3 is 18.9 Å². The van der Waals surface area contributed by atoms with E-state index >= 15 is 0 Å². The van der Waals surface area contributed by atoms with Crippen LogP contribution < -0.4 is 24.4 Å². The Hall–Kier alpha value is -3.97. The second-order valence-electron chi connectivity index (χ2n) is 7.07. The zero-order chi connectivity index (χ0) is 25.7. The van der Waals surface area contributed by atoms with Crippen molar-refractivity contribution in [1.29, 1.82) is 0 Å².